The molecule has 2 aromatic carbocycles. The van der Waals surface area contributed by atoms with Gasteiger partial charge in [-0.1, -0.05) is 36.8 Å². The van der Waals surface area contributed by atoms with Gasteiger partial charge in [0.2, 0.25) is 10.0 Å². The molecule has 0 unspecified atom stereocenters. The summed E-state index contributed by atoms with van der Waals surface area (Å²) in [6, 6.07) is 11.9. The number of esters is 1. The van der Waals surface area contributed by atoms with Crippen LogP contribution in [0, 0.1) is 0 Å². The number of Topliss-reactive ketones (excluding diaryl/α,β-unsaturated/α-hetero) is 1. The number of hydrogen-bond acceptors (Lipinski definition) is 5. The number of rotatable bonds is 6. The zero-order valence-corrected chi connectivity index (χ0v) is 16.8. The largest absolute Gasteiger partial charge is 0.465 e. The summed E-state index contributed by atoms with van der Waals surface area (Å²) in [5, 5.41) is 1.74. The van der Waals surface area contributed by atoms with E-state index in [-0.39, 0.29) is 30.3 Å². The Hall–Kier alpha value is -2.25. The molecule has 3 rings (SSSR count). The summed E-state index contributed by atoms with van der Waals surface area (Å²) >= 11 is 0. The molecule has 0 bridgehead atoms. The van der Waals surface area contributed by atoms with Gasteiger partial charge in [-0.05, 0) is 42.7 Å². The number of fused-ring (bicyclic) bond motifs is 1. The fourth-order valence-corrected chi connectivity index (χ4v) is 5.26. The fraction of sp³-hybridized carbons (Fsp3) is 0.429. The third kappa shape index (κ3) is 4.59. The summed E-state index contributed by atoms with van der Waals surface area (Å²) in [7, 11) is -3.96. The van der Waals surface area contributed by atoms with Crippen molar-refractivity contribution >= 4 is 32.5 Å². The molecule has 0 heterocycles. The van der Waals surface area contributed by atoms with E-state index in [0.717, 1.165) is 23.6 Å². The van der Waals surface area contributed by atoms with Gasteiger partial charge in [0.05, 0.1) is 11.5 Å². The second-order valence-corrected chi connectivity index (χ2v) is 8.90. The van der Waals surface area contributed by atoms with Crippen LogP contribution < -0.4 is 0 Å². The molecule has 1 aliphatic carbocycles. The maximum atomic E-state index is 13.4. The Bertz CT molecular complexity index is 970. The standard InChI is InChI=1S/C21H25NO5S/c1-2-27-21(24)15-22(18-9-5-6-10-19(23)14-18)28(25,26)20-12-11-16-7-3-4-8-17(16)13-20/h3-4,7-8,11-13,18H,2,5-6,9-10,14-15H2,1H3/t18-/m1/s1. The van der Waals surface area contributed by atoms with E-state index in [4.69, 9.17) is 4.74 Å². The minimum atomic E-state index is -3.96. The third-order valence-electron chi connectivity index (χ3n) is 5.03. The Morgan fingerprint density at radius 3 is 2.64 bits per heavy atom. The first-order valence-corrected chi connectivity index (χ1v) is 11.0. The van der Waals surface area contributed by atoms with E-state index in [1.54, 1.807) is 25.1 Å². The van der Waals surface area contributed by atoms with Crippen LogP contribution in [-0.4, -0.2) is 43.7 Å². The SMILES string of the molecule is CCOC(=O)CN([C@@H]1CCCCC(=O)C1)S(=O)(=O)c1ccc2ccccc2c1. The van der Waals surface area contributed by atoms with Crippen LogP contribution in [0.4, 0.5) is 0 Å². The van der Waals surface area contributed by atoms with Gasteiger partial charge in [-0.3, -0.25) is 9.59 Å². The molecule has 0 aromatic heterocycles. The smallest absolute Gasteiger partial charge is 0.321 e. The van der Waals surface area contributed by atoms with Crippen molar-refractivity contribution in [3.05, 3.63) is 42.5 Å². The lowest BCUT2D eigenvalue weighted by atomic mass is 10.1. The van der Waals surface area contributed by atoms with Crippen LogP contribution in [0.1, 0.15) is 39.0 Å². The molecule has 1 saturated carbocycles. The van der Waals surface area contributed by atoms with Gasteiger partial charge in [0.15, 0.2) is 0 Å². The molecule has 2 aromatic rings. The van der Waals surface area contributed by atoms with Gasteiger partial charge >= 0.3 is 5.97 Å². The fourth-order valence-electron chi connectivity index (χ4n) is 3.62. The minimum Gasteiger partial charge on any atom is -0.465 e. The van der Waals surface area contributed by atoms with E-state index < -0.39 is 22.0 Å². The highest BCUT2D eigenvalue weighted by Crippen LogP contribution is 2.28. The number of hydrogen-bond donors (Lipinski definition) is 0. The predicted octanol–water partition coefficient (Wildman–Crippen LogP) is 3.30. The Morgan fingerprint density at radius 2 is 1.89 bits per heavy atom. The number of sulfonamides is 1. The normalized spacial score (nSPS) is 18.2. The zero-order valence-electron chi connectivity index (χ0n) is 16.0. The number of carbonyl (C=O) groups excluding carboxylic acids is 2. The summed E-state index contributed by atoms with van der Waals surface area (Å²) in [4.78, 5) is 24.4. The maximum absolute atomic E-state index is 13.4. The van der Waals surface area contributed by atoms with E-state index in [9.17, 15) is 18.0 Å². The molecule has 1 aliphatic rings. The van der Waals surface area contributed by atoms with Gasteiger partial charge in [-0.25, -0.2) is 8.42 Å². The topological polar surface area (TPSA) is 80.8 Å². The Balaban J connectivity index is 2.00. The summed E-state index contributed by atoms with van der Waals surface area (Å²) in [5.41, 5.74) is 0. The van der Waals surface area contributed by atoms with Crippen LogP contribution >= 0.6 is 0 Å². The van der Waals surface area contributed by atoms with Gasteiger partial charge in [-0.2, -0.15) is 4.31 Å². The Morgan fingerprint density at radius 1 is 1.14 bits per heavy atom. The van der Waals surface area contributed by atoms with Crippen LogP contribution in [0.2, 0.25) is 0 Å². The van der Waals surface area contributed by atoms with Crippen molar-refractivity contribution in [1.29, 1.82) is 0 Å². The quantitative estimate of drug-likeness (QED) is 0.546. The van der Waals surface area contributed by atoms with Crippen molar-refractivity contribution in [1.82, 2.24) is 4.31 Å². The molecular weight excluding hydrogens is 378 g/mol. The van der Waals surface area contributed by atoms with Crippen LogP contribution in [0.15, 0.2) is 47.4 Å². The molecule has 0 amide bonds. The van der Waals surface area contributed by atoms with Crippen molar-refractivity contribution in [2.45, 2.75) is 50.0 Å². The van der Waals surface area contributed by atoms with Crippen molar-refractivity contribution in [3.8, 4) is 0 Å². The molecule has 28 heavy (non-hydrogen) atoms. The van der Waals surface area contributed by atoms with Crippen molar-refractivity contribution in [3.63, 3.8) is 0 Å². The lowest BCUT2D eigenvalue weighted by Gasteiger charge is -2.29. The van der Waals surface area contributed by atoms with Gasteiger partial charge in [-0.15, -0.1) is 0 Å². The second-order valence-electron chi connectivity index (χ2n) is 7.01. The van der Waals surface area contributed by atoms with Crippen LogP contribution in [0.25, 0.3) is 10.8 Å². The van der Waals surface area contributed by atoms with Crippen LogP contribution in [0.5, 0.6) is 0 Å². The highest BCUT2D eigenvalue weighted by molar-refractivity contribution is 7.89. The molecule has 0 aliphatic heterocycles. The van der Waals surface area contributed by atoms with Gasteiger partial charge in [0.1, 0.15) is 12.3 Å². The van der Waals surface area contributed by atoms with E-state index in [0.29, 0.717) is 12.8 Å². The van der Waals surface area contributed by atoms with E-state index in [1.807, 2.05) is 24.3 Å². The van der Waals surface area contributed by atoms with Crippen molar-refractivity contribution in [2.24, 2.45) is 0 Å². The highest BCUT2D eigenvalue weighted by Gasteiger charge is 2.35. The zero-order chi connectivity index (χ0) is 20.1. The molecule has 0 N–H and O–H groups in total. The number of carbonyl (C=O) groups is 2. The molecule has 0 spiro atoms. The lowest BCUT2D eigenvalue weighted by molar-refractivity contribution is -0.144. The van der Waals surface area contributed by atoms with E-state index in [2.05, 4.69) is 0 Å². The predicted molar refractivity (Wildman–Crippen MR) is 106 cm³/mol. The molecule has 7 heteroatoms. The second kappa shape index (κ2) is 8.84. The third-order valence-corrected chi connectivity index (χ3v) is 6.93. The Kier molecular flexibility index (Phi) is 6.46. The molecule has 0 radical (unpaired) electrons. The van der Waals surface area contributed by atoms with Gasteiger partial charge in [0.25, 0.3) is 0 Å². The lowest BCUT2D eigenvalue weighted by Crippen LogP contribution is -2.44. The van der Waals surface area contributed by atoms with Crippen molar-refractivity contribution < 1.29 is 22.7 Å². The van der Waals surface area contributed by atoms with Crippen LogP contribution in [-0.2, 0) is 24.3 Å². The number of benzene rings is 2. The maximum Gasteiger partial charge on any atom is 0.321 e. The monoisotopic (exact) mass is 403 g/mol. The van der Waals surface area contributed by atoms with Gasteiger partial charge < -0.3 is 4.74 Å². The van der Waals surface area contributed by atoms with E-state index in [1.165, 1.54) is 4.31 Å². The minimum absolute atomic E-state index is 0.0325. The molecule has 1 atom stereocenters. The first kappa shape index (κ1) is 20.5. The summed E-state index contributed by atoms with van der Waals surface area (Å²) < 4.78 is 33.0. The molecule has 0 saturated heterocycles. The van der Waals surface area contributed by atoms with Crippen LogP contribution in [0.3, 0.4) is 0 Å². The molecular formula is C21H25NO5S. The summed E-state index contributed by atoms with van der Waals surface area (Å²) in [6.45, 7) is 1.46. The number of ether oxygens (including phenoxy) is 1. The first-order valence-electron chi connectivity index (χ1n) is 9.60. The number of ketones is 1. The van der Waals surface area contributed by atoms with Gasteiger partial charge in [0, 0.05) is 18.9 Å². The average molecular weight is 404 g/mol. The van der Waals surface area contributed by atoms with E-state index >= 15 is 0 Å². The number of nitrogens with zero attached hydrogens (tertiary/aromatic N) is 1. The Labute approximate surface area is 165 Å². The molecule has 6 nitrogen and oxygen atoms in total. The molecule has 1 fully saturated rings. The van der Waals surface area contributed by atoms with Crippen molar-refractivity contribution in [2.75, 3.05) is 13.2 Å². The molecule has 150 valence electrons. The summed E-state index contributed by atoms with van der Waals surface area (Å²) in [5.74, 6) is -0.575. The summed E-state index contributed by atoms with van der Waals surface area (Å²) in [6.07, 6.45) is 2.64. The first-order chi connectivity index (χ1) is 13.4. The highest BCUT2D eigenvalue weighted by atomic mass is 32.2. The average Bonchev–Trinajstić information content (AvgIpc) is 2.90.